The molecule has 1 saturated carbocycles. The largest absolute Gasteiger partial charge is 0.310 e. The summed E-state index contributed by atoms with van der Waals surface area (Å²) >= 11 is 2.14. The van der Waals surface area contributed by atoms with Crippen LogP contribution in [0.4, 0.5) is 0 Å². The lowest BCUT2D eigenvalue weighted by molar-refractivity contribution is 0.221. The number of hydrogen-bond donors (Lipinski definition) is 1. The SMILES string of the molecule is CC1(C)CCSCC1NC1CCCCCC1. The van der Waals surface area contributed by atoms with Crippen LogP contribution in [0, 0.1) is 5.41 Å². The van der Waals surface area contributed by atoms with Gasteiger partial charge in [0.05, 0.1) is 0 Å². The van der Waals surface area contributed by atoms with Gasteiger partial charge in [-0.1, -0.05) is 39.5 Å². The molecule has 2 heteroatoms. The Morgan fingerprint density at radius 1 is 1.06 bits per heavy atom. The van der Waals surface area contributed by atoms with Gasteiger partial charge >= 0.3 is 0 Å². The lowest BCUT2D eigenvalue weighted by atomic mass is 9.81. The van der Waals surface area contributed by atoms with Gasteiger partial charge in [0.1, 0.15) is 0 Å². The van der Waals surface area contributed by atoms with Crippen molar-refractivity contribution in [3.05, 3.63) is 0 Å². The van der Waals surface area contributed by atoms with E-state index in [1.54, 1.807) is 0 Å². The summed E-state index contributed by atoms with van der Waals surface area (Å²) < 4.78 is 0. The maximum absolute atomic E-state index is 3.97. The van der Waals surface area contributed by atoms with Gasteiger partial charge in [-0.3, -0.25) is 0 Å². The van der Waals surface area contributed by atoms with Gasteiger partial charge in [-0.25, -0.2) is 0 Å². The van der Waals surface area contributed by atoms with Crippen LogP contribution in [0.1, 0.15) is 58.8 Å². The fraction of sp³-hybridized carbons (Fsp3) is 1.00. The van der Waals surface area contributed by atoms with Crippen LogP contribution in [0.2, 0.25) is 0 Å². The Labute approximate surface area is 105 Å². The number of nitrogens with one attached hydrogen (secondary N) is 1. The van der Waals surface area contributed by atoms with E-state index in [4.69, 9.17) is 0 Å². The van der Waals surface area contributed by atoms with E-state index in [-0.39, 0.29) is 0 Å². The summed E-state index contributed by atoms with van der Waals surface area (Å²) in [5.74, 6) is 2.68. The second-order valence-electron chi connectivity index (χ2n) is 6.22. The highest BCUT2D eigenvalue weighted by Crippen LogP contribution is 2.35. The van der Waals surface area contributed by atoms with Gasteiger partial charge in [-0.2, -0.15) is 11.8 Å². The van der Waals surface area contributed by atoms with Crippen molar-refractivity contribution in [1.29, 1.82) is 0 Å². The van der Waals surface area contributed by atoms with E-state index >= 15 is 0 Å². The van der Waals surface area contributed by atoms with Crippen molar-refractivity contribution in [2.75, 3.05) is 11.5 Å². The lowest BCUT2D eigenvalue weighted by Gasteiger charge is -2.41. The van der Waals surface area contributed by atoms with Crippen LogP contribution in [0.25, 0.3) is 0 Å². The molecule has 1 N–H and O–H groups in total. The Kier molecular flexibility index (Phi) is 4.60. The maximum atomic E-state index is 3.97. The molecule has 16 heavy (non-hydrogen) atoms. The standard InChI is InChI=1S/C14H27NS/c1-14(2)9-10-16-11-13(14)15-12-7-5-3-4-6-8-12/h12-13,15H,3-11H2,1-2H3. The Morgan fingerprint density at radius 2 is 1.75 bits per heavy atom. The summed E-state index contributed by atoms with van der Waals surface area (Å²) in [4.78, 5) is 0. The van der Waals surface area contributed by atoms with E-state index in [1.165, 1.54) is 56.5 Å². The molecule has 1 heterocycles. The van der Waals surface area contributed by atoms with Gasteiger partial charge in [0, 0.05) is 17.8 Å². The fourth-order valence-electron chi connectivity index (χ4n) is 2.94. The van der Waals surface area contributed by atoms with Gasteiger partial charge in [0.25, 0.3) is 0 Å². The smallest absolute Gasteiger partial charge is 0.0212 e. The zero-order valence-corrected chi connectivity index (χ0v) is 11.7. The molecular formula is C14H27NS. The third-order valence-corrected chi connectivity index (χ3v) is 5.47. The van der Waals surface area contributed by atoms with Gasteiger partial charge in [0.2, 0.25) is 0 Å². The first-order valence-corrected chi connectivity index (χ1v) is 8.18. The fourth-order valence-corrected chi connectivity index (χ4v) is 4.56. The van der Waals surface area contributed by atoms with Crippen molar-refractivity contribution in [2.45, 2.75) is 70.9 Å². The summed E-state index contributed by atoms with van der Waals surface area (Å²) in [7, 11) is 0. The highest BCUT2D eigenvalue weighted by atomic mass is 32.2. The quantitative estimate of drug-likeness (QED) is 0.737. The van der Waals surface area contributed by atoms with Crippen molar-refractivity contribution < 1.29 is 0 Å². The lowest BCUT2D eigenvalue weighted by Crippen LogP contribution is -2.50. The van der Waals surface area contributed by atoms with Crippen molar-refractivity contribution in [1.82, 2.24) is 5.32 Å². The van der Waals surface area contributed by atoms with Crippen LogP contribution in [-0.4, -0.2) is 23.6 Å². The topological polar surface area (TPSA) is 12.0 Å². The van der Waals surface area contributed by atoms with Gasteiger partial charge in [-0.05, 0) is 30.4 Å². The van der Waals surface area contributed by atoms with E-state index in [9.17, 15) is 0 Å². The number of rotatable bonds is 2. The normalized spacial score (nSPS) is 32.2. The molecular weight excluding hydrogens is 214 g/mol. The number of thioether (sulfide) groups is 1. The molecule has 1 aliphatic carbocycles. The highest BCUT2D eigenvalue weighted by molar-refractivity contribution is 7.99. The van der Waals surface area contributed by atoms with Crippen LogP contribution >= 0.6 is 11.8 Å². The Hall–Kier alpha value is 0.310. The van der Waals surface area contributed by atoms with E-state index < -0.39 is 0 Å². The molecule has 1 unspecified atom stereocenters. The molecule has 1 nitrogen and oxygen atoms in total. The average Bonchev–Trinajstić information content (AvgIpc) is 2.49. The van der Waals surface area contributed by atoms with Crippen LogP contribution in [0.3, 0.4) is 0 Å². The summed E-state index contributed by atoms with van der Waals surface area (Å²) in [5, 5.41) is 3.97. The number of hydrogen-bond acceptors (Lipinski definition) is 2. The first-order chi connectivity index (χ1) is 7.68. The van der Waals surface area contributed by atoms with Crippen LogP contribution in [0.5, 0.6) is 0 Å². The summed E-state index contributed by atoms with van der Waals surface area (Å²) in [6.07, 6.45) is 10.0. The first kappa shape index (κ1) is 12.8. The second-order valence-corrected chi connectivity index (χ2v) is 7.37. The molecule has 1 atom stereocenters. The minimum absolute atomic E-state index is 0.511. The van der Waals surface area contributed by atoms with E-state index in [2.05, 4.69) is 30.9 Å². The van der Waals surface area contributed by atoms with Crippen molar-refractivity contribution in [3.63, 3.8) is 0 Å². The van der Waals surface area contributed by atoms with Crippen molar-refractivity contribution in [3.8, 4) is 0 Å². The molecule has 0 aromatic heterocycles. The van der Waals surface area contributed by atoms with E-state index in [0.717, 1.165) is 12.1 Å². The molecule has 94 valence electrons. The zero-order chi connectivity index (χ0) is 11.4. The first-order valence-electron chi connectivity index (χ1n) is 7.02. The van der Waals surface area contributed by atoms with E-state index in [0.29, 0.717) is 5.41 Å². The Balaban J connectivity index is 1.86. The Bertz CT molecular complexity index is 207. The molecule has 1 aliphatic heterocycles. The zero-order valence-electron chi connectivity index (χ0n) is 10.9. The molecule has 2 rings (SSSR count). The van der Waals surface area contributed by atoms with Crippen molar-refractivity contribution in [2.24, 2.45) is 5.41 Å². The molecule has 2 aliphatic rings. The third kappa shape index (κ3) is 3.40. The minimum atomic E-state index is 0.511. The third-order valence-electron chi connectivity index (χ3n) is 4.41. The molecule has 0 bridgehead atoms. The van der Waals surface area contributed by atoms with Crippen LogP contribution < -0.4 is 5.32 Å². The molecule has 2 fully saturated rings. The second kappa shape index (κ2) is 5.77. The molecule has 0 amide bonds. The van der Waals surface area contributed by atoms with Crippen molar-refractivity contribution >= 4 is 11.8 Å². The minimum Gasteiger partial charge on any atom is -0.310 e. The molecule has 0 spiro atoms. The average molecular weight is 241 g/mol. The molecule has 0 aromatic rings. The highest BCUT2D eigenvalue weighted by Gasteiger charge is 2.33. The van der Waals surface area contributed by atoms with Gasteiger partial charge < -0.3 is 5.32 Å². The summed E-state index contributed by atoms with van der Waals surface area (Å²) in [6, 6.07) is 1.56. The molecule has 1 saturated heterocycles. The summed E-state index contributed by atoms with van der Waals surface area (Å²) in [6.45, 7) is 4.89. The van der Waals surface area contributed by atoms with Gasteiger partial charge in [-0.15, -0.1) is 0 Å². The molecule has 0 radical (unpaired) electrons. The maximum Gasteiger partial charge on any atom is 0.0212 e. The predicted octanol–water partition coefficient (Wildman–Crippen LogP) is 3.83. The molecule has 0 aromatic carbocycles. The van der Waals surface area contributed by atoms with Crippen LogP contribution in [0.15, 0.2) is 0 Å². The predicted molar refractivity (Wildman–Crippen MR) is 74.1 cm³/mol. The Morgan fingerprint density at radius 3 is 2.38 bits per heavy atom. The van der Waals surface area contributed by atoms with Gasteiger partial charge in [0.15, 0.2) is 0 Å². The van der Waals surface area contributed by atoms with Crippen LogP contribution in [-0.2, 0) is 0 Å². The monoisotopic (exact) mass is 241 g/mol. The van der Waals surface area contributed by atoms with E-state index in [1.807, 2.05) is 0 Å². The summed E-state index contributed by atoms with van der Waals surface area (Å²) in [5.41, 5.74) is 0.511.